The summed E-state index contributed by atoms with van der Waals surface area (Å²) >= 11 is 0. The monoisotopic (exact) mass is 264 g/mol. The molecule has 0 radical (unpaired) electrons. The highest BCUT2D eigenvalue weighted by Crippen LogP contribution is 2.74. The standard InChI is InChI=1S/C18H16O2/c19-13-5-6-14(20)16-12-4-3-11(15(13)16)17-7-1-2-8-18(12,17)10-9-17/h1-6,9-12,15-16H,7-8H2/t11-,12-,15+,16+,17-,18-/m1/s1. The van der Waals surface area contributed by atoms with Crippen molar-refractivity contribution in [1.82, 2.24) is 0 Å². The Morgan fingerprint density at radius 1 is 0.800 bits per heavy atom. The molecule has 0 amide bonds. The number of hydrogen-bond donors (Lipinski definition) is 0. The average Bonchev–Trinajstić information content (AvgIpc) is 2.45. The minimum Gasteiger partial charge on any atom is -0.294 e. The van der Waals surface area contributed by atoms with Crippen LogP contribution < -0.4 is 0 Å². The van der Waals surface area contributed by atoms with Crippen molar-refractivity contribution in [3.8, 4) is 0 Å². The Morgan fingerprint density at radius 2 is 1.25 bits per heavy atom. The molecule has 1 saturated carbocycles. The molecule has 0 spiro atoms. The lowest BCUT2D eigenvalue weighted by atomic mass is 9.32. The van der Waals surface area contributed by atoms with Gasteiger partial charge in [0.05, 0.1) is 0 Å². The van der Waals surface area contributed by atoms with Gasteiger partial charge in [0.15, 0.2) is 11.6 Å². The number of hydrogen-bond acceptors (Lipinski definition) is 2. The summed E-state index contributed by atoms with van der Waals surface area (Å²) in [5.74, 6) is 0.486. The van der Waals surface area contributed by atoms with Crippen LogP contribution in [0.5, 0.6) is 0 Å². The molecule has 6 atom stereocenters. The van der Waals surface area contributed by atoms with Crippen molar-refractivity contribution in [2.24, 2.45) is 34.5 Å². The van der Waals surface area contributed by atoms with E-state index >= 15 is 0 Å². The topological polar surface area (TPSA) is 34.1 Å². The van der Waals surface area contributed by atoms with Crippen molar-refractivity contribution in [2.75, 3.05) is 0 Å². The van der Waals surface area contributed by atoms with E-state index in [1.165, 1.54) is 12.2 Å². The Morgan fingerprint density at radius 3 is 1.65 bits per heavy atom. The molecule has 2 bridgehead atoms. The van der Waals surface area contributed by atoms with Crippen LogP contribution >= 0.6 is 0 Å². The highest BCUT2D eigenvalue weighted by atomic mass is 16.1. The predicted molar refractivity (Wildman–Crippen MR) is 74.6 cm³/mol. The van der Waals surface area contributed by atoms with E-state index in [4.69, 9.17) is 0 Å². The van der Waals surface area contributed by atoms with E-state index in [0.717, 1.165) is 12.8 Å². The lowest BCUT2D eigenvalue weighted by Crippen LogP contribution is -2.67. The van der Waals surface area contributed by atoms with Gasteiger partial charge >= 0.3 is 0 Å². The fourth-order valence-electron chi connectivity index (χ4n) is 5.70. The molecule has 0 saturated heterocycles. The summed E-state index contributed by atoms with van der Waals surface area (Å²) in [4.78, 5) is 24.8. The molecule has 0 aromatic carbocycles. The summed E-state index contributed by atoms with van der Waals surface area (Å²) in [6.45, 7) is 0. The molecule has 2 nitrogen and oxygen atoms in total. The Balaban J connectivity index is 1.76. The third kappa shape index (κ3) is 0.895. The van der Waals surface area contributed by atoms with Crippen LogP contribution in [0.25, 0.3) is 0 Å². The van der Waals surface area contributed by atoms with Gasteiger partial charge in [0.25, 0.3) is 0 Å². The maximum absolute atomic E-state index is 12.4. The molecule has 0 heterocycles. The Bertz CT molecular complexity index is 611. The SMILES string of the molecule is O=C1C=CC(=O)[C@H]2[C@H]1[C@H]1C=C[C@H]2[C@@]23C=C[C@]12CC=CC3. The molecule has 1 fully saturated rings. The van der Waals surface area contributed by atoms with E-state index in [-0.39, 0.29) is 46.1 Å². The molecule has 2 heteroatoms. The summed E-state index contributed by atoms with van der Waals surface area (Å²) in [6.07, 6.45) is 18.7. The van der Waals surface area contributed by atoms with Crippen LogP contribution in [0, 0.1) is 34.5 Å². The Hall–Kier alpha value is -1.70. The zero-order chi connectivity index (χ0) is 13.5. The number of carbonyl (C=O) groups excluding carboxylic acids is 2. The van der Waals surface area contributed by atoms with Crippen LogP contribution in [-0.4, -0.2) is 11.6 Å². The first kappa shape index (κ1) is 11.0. The van der Waals surface area contributed by atoms with Crippen LogP contribution in [0.3, 0.4) is 0 Å². The zero-order valence-electron chi connectivity index (χ0n) is 11.2. The molecular weight excluding hydrogens is 248 g/mol. The van der Waals surface area contributed by atoms with Crippen LogP contribution in [0.1, 0.15) is 12.8 Å². The van der Waals surface area contributed by atoms with Gasteiger partial charge in [-0.05, 0) is 36.8 Å². The normalized spacial score (nSPS) is 53.4. The molecule has 6 aliphatic carbocycles. The Kier molecular flexibility index (Phi) is 1.73. The van der Waals surface area contributed by atoms with Crippen LogP contribution in [0.15, 0.2) is 48.6 Å². The van der Waals surface area contributed by atoms with E-state index in [9.17, 15) is 9.59 Å². The second-order valence-electron chi connectivity index (χ2n) is 6.92. The first-order chi connectivity index (χ1) is 9.70. The lowest BCUT2D eigenvalue weighted by Gasteiger charge is -2.70. The highest BCUT2D eigenvalue weighted by Gasteiger charge is 2.71. The van der Waals surface area contributed by atoms with Crippen LogP contribution in [0.4, 0.5) is 0 Å². The molecule has 0 unspecified atom stereocenters. The van der Waals surface area contributed by atoms with Crippen molar-refractivity contribution in [1.29, 1.82) is 0 Å². The highest BCUT2D eigenvalue weighted by molar-refractivity contribution is 6.08. The quantitative estimate of drug-likeness (QED) is 0.630. The first-order valence-electron chi connectivity index (χ1n) is 7.49. The van der Waals surface area contributed by atoms with Crippen molar-refractivity contribution >= 4 is 11.6 Å². The van der Waals surface area contributed by atoms with Gasteiger partial charge in [-0.1, -0.05) is 36.5 Å². The molecule has 100 valence electrons. The second kappa shape index (κ2) is 3.13. The summed E-state index contributed by atoms with van der Waals surface area (Å²) in [5.41, 5.74) is 0.201. The third-order valence-corrected chi connectivity index (χ3v) is 6.57. The number of rotatable bonds is 0. The molecular formula is C18H16O2. The average molecular weight is 264 g/mol. The van der Waals surface area contributed by atoms with Gasteiger partial charge in [-0.25, -0.2) is 0 Å². The molecule has 6 aliphatic rings. The molecule has 20 heavy (non-hydrogen) atoms. The lowest BCUT2D eigenvalue weighted by molar-refractivity contribution is -0.156. The summed E-state index contributed by atoms with van der Waals surface area (Å²) < 4.78 is 0. The zero-order valence-corrected chi connectivity index (χ0v) is 11.2. The van der Waals surface area contributed by atoms with E-state index in [1.807, 2.05) is 0 Å². The van der Waals surface area contributed by atoms with E-state index < -0.39 is 0 Å². The fourth-order valence-corrected chi connectivity index (χ4v) is 5.70. The van der Waals surface area contributed by atoms with Crippen molar-refractivity contribution in [3.63, 3.8) is 0 Å². The first-order valence-corrected chi connectivity index (χ1v) is 7.49. The summed E-state index contributed by atoms with van der Waals surface area (Å²) in [6, 6.07) is 0. The largest absolute Gasteiger partial charge is 0.294 e. The van der Waals surface area contributed by atoms with Crippen LogP contribution in [-0.2, 0) is 9.59 Å². The van der Waals surface area contributed by atoms with Crippen molar-refractivity contribution in [3.05, 3.63) is 48.6 Å². The van der Waals surface area contributed by atoms with E-state index in [1.54, 1.807) is 0 Å². The van der Waals surface area contributed by atoms with Gasteiger partial charge in [-0.15, -0.1) is 0 Å². The Labute approximate surface area is 117 Å². The molecule has 0 aromatic rings. The van der Waals surface area contributed by atoms with Gasteiger partial charge < -0.3 is 0 Å². The van der Waals surface area contributed by atoms with Gasteiger partial charge in [0.1, 0.15) is 0 Å². The summed E-state index contributed by atoms with van der Waals surface area (Å²) in [5, 5.41) is 0. The van der Waals surface area contributed by atoms with Gasteiger partial charge in [-0.2, -0.15) is 0 Å². The van der Waals surface area contributed by atoms with E-state index in [2.05, 4.69) is 36.5 Å². The van der Waals surface area contributed by atoms with Gasteiger partial charge in [0, 0.05) is 22.7 Å². The predicted octanol–water partition coefficient (Wildman–Crippen LogP) is 2.64. The third-order valence-electron chi connectivity index (χ3n) is 6.57. The molecule has 0 aliphatic heterocycles. The maximum Gasteiger partial charge on any atom is 0.160 e. The minimum atomic E-state index is -0.118. The van der Waals surface area contributed by atoms with E-state index in [0.29, 0.717) is 0 Å². The van der Waals surface area contributed by atoms with Crippen LogP contribution in [0.2, 0.25) is 0 Å². The second-order valence-corrected chi connectivity index (χ2v) is 6.92. The number of ketones is 2. The molecule has 6 rings (SSSR count). The minimum absolute atomic E-state index is 0.101. The fraction of sp³-hybridized carbons (Fsp3) is 0.444. The summed E-state index contributed by atoms with van der Waals surface area (Å²) in [7, 11) is 0. The maximum atomic E-state index is 12.4. The number of carbonyl (C=O) groups is 2. The number of allylic oxidation sites excluding steroid dienone is 8. The molecule has 0 N–H and O–H groups in total. The van der Waals surface area contributed by atoms with Gasteiger partial charge in [0.2, 0.25) is 0 Å². The van der Waals surface area contributed by atoms with Gasteiger partial charge in [-0.3, -0.25) is 9.59 Å². The molecule has 0 aromatic heterocycles. The van der Waals surface area contributed by atoms with Crippen molar-refractivity contribution in [2.45, 2.75) is 12.8 Å². The smallest absolute Gasteiger partial charge is 0.160 e. The van der Waals surface area contributed by atoms with Crippen molar-refractivity contribution < 1.29 is 9.59 Å².